The first-order valence-corrected chi connectivity index (χ1v) is 10.5. The number of amides is 2. The highest BCUT2D eigenvalue weighted by atomic mass is 16.5. The van der Waals surface area contributed by atoms with Crippen molar-refractivity contribution < 1.29 is 14.1 Å². The lowest BCUT2D eigenvalue weighted by Gasteiger charge is -2.14. The van der Waals surface area contributed by atoms with Gasteiger partial charge in [-0.25, -0.2) is 9.97 Å². The fourth-order valence-electron chi connectivity index (χ4n) is 3.46. The van der Waals surface area contributed by atoms with Crippen molar-refractivity contribution in [1.82, 2.24) is 34.9 Å². The van der Waals surface area contributed by atoms with E-state index in [1.807, 2.05) is 4.90 Å². The average Bonchev–Trinajstić information content (AvgIpc) is 3.53. The van der Waals surface area contributed by atoms with Gasteiger partial charge >= 0.3 is 0 Å². The topological polar surface area (TPSA) is 119 Å². The molecule has 0 atom stereocenters. The van der Waals surface area contributed by atoms with E-state index in [4.69, 9.17) is 4.52 Å². The minimum atomic E-state index is -0.260. The number of pyridine rings is 1. The Kier molecular flexibility index (Phi) is 6.34. The summed E-state index contributed by atoms with van der Waals surface area (Å²) < 4.78 is 7.00. The zero-order valence-electron chi connectivity index (χ0n) is 17.5. The molecule has 10 nitrogen and oxygen atoms in total. The highest BCUT2D eigenvalue weighted by Gasteiger charge is 2.19. The van der Waals surface area contributed by atoms with Gasteiger partial charge in [0.1, 0.15) is 17.8 Å². The van der Waals surface area contributed by atoms with Crippen LogP contribution in [0.1, 0.15) is 48.9 Å². The van der Waals surface area contributed by atoms with Crippen LogP contribution in [0.3, 0.4) is 0 Å². The second kappa shape index (κ2) is 9.50. The van der Waals surface area contributed by atoms with Gasteiger partial charge in [0, 0.05) is 50.4 Å². The number of nitrogens with zero attached hydrogens (tertiary/aromatic N) is 6. The summed E-state index contributed by atoms with van der Waals surface area (Å²) in [7, 11) is 0. The number of hydrogen-bond acceptors (Lipinski definition) is 7. The molecule has 0 spiro atoms. The molecule has 1 fully saturated rings. The summed E-state index contributed by atoms with van der Waals surface area (Å²) in [6, 6.07) is 3.60. The molecular weight excluding hydrogens is 398 g/mol. The number of nitrogens with one attached hydrogen (secondary N) is 1. The van der Waals surface area contributed by atoms with Gasteiger partial charge in [0.2, 0.25) is 5.91 Å². The van der Waals surface area contributed by atoms with Crippen molar-refractivity contribution in [2.45, 2.75) is 39.0 Å². The molecule has 1 aliphatic heterocycles. The van der Waals surface area contributed by atoms with Crippen molar-refractivity contribution in [1.29, 1.82) is 0 Å². The molecule has 0 saturated carbocycles. The molecule has 0 unspecified atom stereocenters. The van der Waals surface area contributed by atoms with Gasteiger partial charge in [-0.05, 0) is 31.4 Å². The molecule has 162 valence electrons. The number of likely N-dealkylation sites (tertiary alicyclic amines) is 1. The Morgan fingerprint density at radius 2 is 2.23 bits per heavy atom. The van der Waals surface area contributed by atoms with Crippen molar-refractivity contribution in [2.24, 2.45) is 0 Å². The first kappa shape index (κ1) is 20.7. The molecule has 0 aromatic carbocycles. The van der Waals surface area contributed by atoms with Gasteiger partial charge in [0.25, 0.3) is 11.8 Å². The van der Waals surface area contributed by atoms with Crippen molar-refractivity contribution in [3.63, 3.8) is 0 Å². The lowest BCUT2D eigenvalue weighted by atomic mass is 10.2. The predicted octanol–water partition coefficient (Wildman–Crippen LogP) is 2.01. The summed E-state index contributed by atoms with van der Waals surface area (Å²) in [5, 5.41) is 6.82. The Labute approximate surface area is 179 Å². The van der Waals surface area contributed by atoms with Gasteiger partial charge in [-0.15, -0.1) is 0 Å². The van der Waals surface area contributed by atoms with Crippen LogP contribution >= 0.6 is 0 Å². The number of carbonyl (C=O) groups is 2. The van der Waals surface area contributed by atoms with E-state index in [9.17, 15) is 9.59 Å². The van der Waals surface area contributed by atoms with E-state index in [-0.39, 0.29) is 11.8 Å². The maximum Gasteiger partial charge on any atom is 0.271 e. The van der Waals surface area contributed by atoms with Crippen molar-refractivity contribution in [3.8, 4) is 17.3 Å². The molecule has 4 rings (SSSR count). The van der Waals surface area contributed by atoms with E-state index in [1.165, 1.54) is 0 Å². The smallest absolute Gasteiger partial charge is 0.271 e. The Morgan fingerprint density at radius 1 is 1.32 bits per heavy atom. The Balaban J connectivity index is 1.35. The summed E-state index contributed by atoms with van der Waals surface area (Å²) >= 11 is 0. The zero-order chi connectivity index (χ0) is 21.6. The van der Waals surface area contributed by atoms with E-state index in [1.54, 1.807) is 35.4 Å². The number of aryl methyl sites for hydroxylation is 1. The largest absolute Gasteiger partial charge is 0.351 e. The van der Waals surface area contributed by atoms with Gasteiger partial charge in [-0.2, -0.15) is 4.98 Å². The Hall–Kier alpha value is -3.56. The van der Waals surface area contributed by atoms with E-state index >= 15 is 0 Å². The molecule has 3 aromatic rings. The minimum Gasteiger partial charge on any atom is -0.351 e. The second-order valence-corrected chi connectivity index (χ2v) is 7.43. The van der Waals surface area contributed by atoms with Crippen LogP contribution in [0.4, 0.5) is 0 Å². The van der Waals surface area contributed by atoms with Crippen LogP contribution in [-0.2, 0) is 11.2 Å². The van der Waals surface area contributed by atoms with E-state index < -0.39 is 0 Å². The van der Waals surface area contributed by atoms with Crippen LogP contribution in [0, 0.1) is 0 Å². The normalized spacial score (nSPS) is 13.7. The molecule has 4 heterocycles. The third-order valence-corrected chi connectivity index (χ3v) is 5.08. The summed E-state index contributed by atoms with van der Waals surface area (Å²) in [6.45, 7) is 4.02. The first-order chi connectivity index (χ1) is 15.1. The van der Waals surface area contributed by atoms with Gasteiger partial charge in [-0.1, -0.05) is 12.1 Å². The standard InChI is InChI=1S/C21H25N7O3/c1-2-5-17-25-21(31-26-17)15-7-9-22-18(12-15)28-13-16(24-14-28)20(30)23-8-4-11-27-10-3-6-19(27)29/h7,9,12-14H,2-6,8,10-11H2,1H3,(H,23,30). The van der Waals surface area contributed by atoms with Crippen molar-refractivity contribution >= 4 is 11.8 Å². The number of carbonyl (C=O) groups excluding carboxylic acids is 2. The van der Waals surface area contributed by atoms with Crippen LogP contribution in [0.2, 0.25) is 0 Å². The molecule has 0 radical (unpaired) electrons. The summed E-state index contributed by atoms with van der Waals surface area (Å²) in [6.07, 6.45) is 8.78. The van der Waals surface area contributed by atoms with Crippen LogP contribution in [0.5, 0.6) is 0 Å². The lowest BCUT2D eigenvalue weighted by molar-refractivity contribution is -0.127. The van der Waals surface area contributed by atoms with Crippen molar-refractivity contribution in [2.75, 3.05) is 19.6 Å². The van der Waals surface area contributed by atoms with Crippen molar-refractivity contribution in [3.05, 3.63) is 42.4 Å². The molecule has 0 aliphatic carbocycles. The highest BCUT2D eigenvalue weighted by Crippen LogP contribution is 2.19. The molecule has 1 aliphatic rings. The van der Waals surface area contributed by atoms with Crippen LogP contribution in [0.15, 0.2) is 35.4 Å². The predicted molar refractivity (Wildman–Crippen MR) is 111 cm³/mol. The van der Waals surface area contributed by atoms with Gasteiger partial charge in [-0.3, -0.25) is 14.2 Å². The fraction of sp³-hybridized carbons (Fsp3) is 0.429. The SMILES string of the molecule is CCCc1noc(-c2ccnc(-n3cnc(C(=O)NCCCN4CCCC4=O)c3)c2)n1. The Morgan fingerprint density at radius 3 is 3.03 bits per heavy atom. The third-order valence-electron chi connectivity index (χ3n) is 5.08. The summed E-state index contributed by atoms with van der Waals surface area (Å²) in [5.74, 6) is 1.63. The molecule has 1 saturated heterocycles. The van der Waals surface area contributed by atoms with Crippen LogP contribution < -0.4 is 5.32 Å². The molecule has 0 bridgehead atoms. The maximum atomic E-state index is 12.4. The highest BCUT2D eigenvalue weighted by molar-refractivity contribution is 5.92. The monoisotopic (exact) mass is 423 g/mol. The number of imidazole rings is 1. The second-order valence-electron chi connectivity index (χ2n) is 7.43. The molecular formula is C21H25N7O3. The quantitative estimate of drug-likeness (QED) is 0.523. The van der Waals surface area contributed by atoms with E-state index in [0.717, 1.165) is 31.4 Å². The number of hydrogen-bond donors (Lipinski definition) is 1. The van der Waals surface area contributed by atoms with E-state index in [2.05, 4.69) is 32.3 Å². The molecule has 31 heavy (non-hydrogen) atoms. The minimum absolute atomic E-state index is 0.196. The zero-order valence-corrected chi connectivity index (χ0v) is 17.5. The van der Waals surface area contributed by atoms with Gasteiger partial charge < -0.3 is 14.7 Å². The first-order valence-electron chi connectivity index (χ1n) is 10.5. The summed E-state index contributed by atoms with van der Waals surface area (Å²) in [4.78, 5) is 38.8. The van der Waals surface area contributed by atoms with Gasteiger partial charge in [0.15, 0.2) is 5.82 Å². The number of aromatic nitrogens is 5. The molecule has 1 N–H and O–H groups in total. The van der Waals surface area contributed by atoms with E-state index in [0.29, 0.717) is 49.2 Å². The molecule has 2 amide bonds. The average molecular weight is 423 g/mol. The number of rotatable bonds is 9. The third kappa shape index (κ3) is 4.96. The summed E-state index contributed by atoms with van der Waals surface area (Å²) in [5.41, 5.74) is 1.04. The Bertz CT molecular complexity index is 1060. The van der Waals surface area contributed by atoms with Gasteiger partial charge in [0.05, 0.1) is 0 Å². The maximum absolute atomic E-state index is 12.4. The van der Waals surface area contributed by atoms with Crippen LogP contribution in [-0.4, -0.2) is 61.0 Å². The molecule has 3 aromatic heterocycles. The fourth-order valence-corrected chi connectivity index (χ4v) is 3.46. The molecule has 10 heteroatoms. The lowest BCUT2D eigenvalue weighted by Crippen LogP contribution is -2.30. The van der Waals surface area contributed by atoms with Crippen LogP contribution in [0.25, 0.3) is 17.3 Å².